The Bertz CT molecular complexity index is 514. The Labute approximate surface area is 140 Å². The Hall–Kier alpha value is -2.19. The lowest BCUT2D eigenvalue weighted by Gasteiger charge is -2.30. The first-order valence-electron chi connectivity index (χ1n) is 7.88. The number of hydrogen-bond acceptors (Lipinski definition) is 6. The SMILES string of the molecule is CC(=O)NC1CC(C(=O)NCC(=O)OC(C)(C)C)CC([N+](=O)[O-])C1. The van der Waals surface area contributed by atoms with Crippen LogP contribution in [0.4, 0.5) is 0 Å². The van der Waals surface area contributed by atoms with Gasteiger partial charge in [0, 0.05) is 36.6 Å². The minimum absolute atomic E-state index is 0.0865. The molecular weight excluding hydrogens is 318 g/mol. The molecule has 0 spiro atoms. The third kappa shape index (κ3) is 6.93. The highest BCUT2D eigenvalue weighted by atomic mass is 16.6. The first-order valence-corrected chi connectivity index (χ1v) is 7.88. The standard InChI is InChI=1S/C15H25N3O6/c1-9(19)17-11-5-10(6-12(7-11)18(22)23)14(21)16-8-13(20)24-15(2,3)4/h10-12H,5-8H2,1-4H3,(H,16,21)(H,17,19). The van der Waals surface area contributed by atoms with Gasteiger partial charge < -0.3 is 15.4 Å². The van der Waals surface area contributed by atoms with Gasteiger partial charge in [-0.05, 0) is 27.2 Å². The number of rotatable bonds is 5. The number of carbonyl (C=O) groups is 3. The van der Waals surface area contributed by atoms with E-state index in [0.717, 1.165) is 0 Å². The maximum absolute atomic E-state index is 12.2. The third-order valence-electron chi connectivity index (χ3n) is 3.59. The number of nitro groups is 1. The Balaban J connectivity index is 2.61. The summed E-state index contributed by atoms with van der Waals surface area (Å²) in [5.74, 6) is -1.94. The summed E-state index contributed by atoms with van der Waals surface area (Å²) >= 11 is 0. The average molecular weight is 343 g/mol. The molecule has 3 atom stereocenters. The molecule has 0 bridgehead atoms. The smallest absolute Gasteiger partial charge is 0.325 e. The predicted octanol–water partition coefficient (Wildman–Crippen LogP) is 0.394. The zero-order chi connectivity index (χ0) is 18.5. The normalized spacial score (nSPS) is 23.9. The topological polar surface area (TPSA) is 128 Å². The van der Waals surface area contributed by atoms with Crippen LogP contribution in [0.2, 0.25) is 0 Å². The van der Waals surface area contributed by atoms with Crippen LogP contribution >= 0.6 is 0 Å². The van der Waals surface area contributed by atoms with Gasteiger partial charge in [-0.15, -0.1) is 0 Å². The Morgan fingerprint density at radius 2 is 1.83 bits per heavy atom. The van der Waals surface area contributed by atoms with Gasteiger partial charge in [-0.25, -0.2) is 0 Å². The summed E-state index contributed by atoms with van der Waals surface area (Å²) in [6.07, 6.45) is 0.593. The summed E-state index contributed by atoms with van der Waals surface area (Å²) in [7, 11) is 0. The minimum Gasteiger partial charge on any atom is -0.459 e. The average Bonchev–Trinajstić information content (AvgIpc) is 2.41. The van der Waals surface area contributed by atoms with Crippen LogP contribution < -0.4 is 10.6 Å². The maximum Gasteiger partial charge on any atom is 0.325 e. The lowest BCUT2D eigenvalue weighted by Crippen LogP contribution is -2.48. The van der Waals surface area contributed by atoms with Crippen molar-refractivity contribution < 1.29 is 24.0 Å². The molecule has 0 saturated heterocycles. The second kappa shape index (κ2) is 8.07. The van der Waals surface area contributed by atoms with Crippen LogP contribution in [0.15, 0.2) is 0 Å². The zero-order valence-electron chi connectivity index (χ0n) is 14.5. The highest BCUT2D eigenvalue weighted by molar-refractivity contribution is 5.84. The van der Waals surface area contributed by atoms with Gasteiger partial charge in [-0.1, -0.05) is 0 Å². The van der Waals surface area contributed by atoms with Gasteiger partial charge in [0.25, 0.3) is 0 Å². The summed E-state index contributed by atoms with van der Waals surface area (Å²) in [6, 6.07) is -1.32. The molecule has 2 N–H and O–H groups in total. The van der Waals surface area contributed by atoms with Gasteiger partial charge >= 0.3 is 5.97 Å². The maximum atomic E-state index is 12.2. The number of nitrogens with zero attached hydrogens (tertiary/aromatic N) is 1. The van der Waals surface area contributed by atoms with Crippen LogP contribution in [0.5, 0.6) is 0 Å². The molecule has 0 aromatic rings. The summed E-state index contributed by atoms with van der Waals surface area (Å²) in [6.45, 7) is 6.18. The predicted molar refractivity (Wildman–Crippen MR) is 84.6 cm³/mol. The van der Waals surface area contributed by atoms with E-state index < -0.39 is 40.4 Å². The van der Waals surface area contributed by atoms with Crippen molar-refractivity contribution in [1.29, 1.82) is 0 Å². The van der Waals surface area contributed by atoms with Crippen LogP contribution in [0.3, 0.4) is 0 Å². The Kier molecular flexibility index (Phi) is 6.68. The van der Waals surface area contributed by atoms with E-state index in [-0.39, 0.29) is 25.3 Å². The number of ether oxygens (including phenoxy) is 1. The van der Waals surface area contributed by atoms with E-state index in [4.69, 9.17) is 4.74 Å². The lowest BCUT2D eigenvalue weighted by molar-refractivity contribution is -0.528. The minimum atomic E-state index is -0.895. The molecule has 136 valence electrons. The van der Waals surface area contributed by atoms with Crippen LogP contribution in [-0.2, 0) is 19.1 Å². The van der Waals surface area contributed by atoms with Crippen LogP contribution in [0, 0.1) is 16.0 Å². The molecule has 0 heterocycles. The largest absolute Gasteiger partial charge is 0.459 e. The van der Waals surface area contributed by atoms with Crippen molar-refractivity contribution in [3.63, 3.8) is 0 Å². The summed E-state index contributed by atoms with van der Waals surface area (Å²) in [5, 5.41) is 16.2. The first kappa shape index (κ1) is 19.9. The molecule has 3 unspecified atom stereocenters. The molecule has 1 saturated carbocycles. The first-order chi connectivity index (χ1) is 11.0. The van der Waals surface area contributed by atoms with Crippen LogP contribution in [-0.4, -0.2) is 46.9 Å². The van der Waals surface area contributed by atoms with Gasteiger partial charge in [0.15, 0.2) is 0 Å². The number of amides is 2. The van der Waals surface area contributed by atoms with E-state index in [1.54, 1.807) is 20.8 Å². The van der Waals surface area contributed by atoms with Crippen molar-refractivity contribution in [2.45, 2.75) is 64.6 Å². The van der Waals surface area contributed by atoms with E-state index >= 15 is 0 Å². The zero-order valence-corrected chi connectivity index (χ0v) is 14.5. The van der Waals surface area contributed by atoms with E-state index in [2.05, 4.69) is 10.6 Å². The van der Waals surface area contributed by atoms with Crippen molar-refractivity contribution in [1.82, 2.24) is 10.6 Å². The Morgan fingerprint density at radius 3 is 2.33 bits per heavy atom. The molecule has 24 heavy (non-hydrogen) atoms. The highest BCUT2D eigenvalue weighted by Crippen LogP contribution is 2.26. The number of hydrogen-bond donors (Lipinski definition) is 2. The molecule has 0 aromatic heterocycles. The molecule has 0 aliphatic heterocycles. The van der Waals surface area contributed by atoms with Gasteiger partial charge in [-0.3, -0.25) is 24.5 Å². The number of carbonyl (C=O) groups excluding carboxylic acids is 3. The van der Waals surface area contributed by atoms with E-state index in [1.807, 2.05) is 0 Å². The summed E-state index contributed by atoms with van der Waals surface area (Å²) in [4.78, 5) is 45.6. The van der Waals surface area contributed by atoms with Gasteiger partial charge in [0.2, 0.25) is 17.9 Å². The fraction of sp³-hybridized carbons (Fsp3) is 0.800. The molecule has 0 radical (unpaired) electrons. The molecule has 1 rings (SSSR count). The fourth-order valence-corrected chi connectivity index (χ4v) is 2.76. The third-order valence-corrected chi connectivity index (χ3v) is 3.59. The molecule has 1 aliphatic carbocycles. The van der Waals surface area contributed by atoms with Crippen LogP contribution in [0.25, 0.3) is 0 Å². The van der Waals surface area contributed by atoms with Crippen molar-refractivity contribution >= 4 is 17.8 Å². The second-order valence-electron chi connectivity index (χ2n) is 7.04. The molecule has 0 aromatic carbocycles. The molecule has 1 fully saturated rings. The summed E-state index contributed by atoms with van der Waals surface area (Å²) < 4.78 is 5.09. The van der Waals surface area contributed by atoms with Crippen molar-refractivity contribution in [3.8, 4) is 0 Å². The summed E-state index contributed by atoms with van der Waals surface area (Å²) in [5.41, 5.74) is -0.653. The van der Waals surface area contributed by atoms with E-state index in [0.29, 0.717) is 6.42 Å². The van der Waals surface area contributed by atoms with Crippen molar-refractivity contribution in [2.24, 2.45) is 5.92 Å². The van der Waals surface area contributed by atoms with Crippen LogP contribution in [0.1, 0.15) is 47.0 Å². The van der Waals surface area contributed by atoms with E-state index in [9.17, 15) is 24.5 Å². The lowest BCUT2D eigenvalue weighted by atomic mass is 9.82. The van der Waals surface area contributed by atoms with Crippen molar-refractivity contribution in [2.75, 3.05) is 6.54 Å². The Morgan fingerprint density at radius 1 is 1.21 bits per heavy atom. The van der Waals surface area contributed by atoms with Gasteiger partial charge in [0.1, 0.15) is 12.1 Å². The molecule has 1 aliphatic rings. The quantitative estimate of drug-likeness (QED) is 0.422. The molecular formula is C15H25N3O6. The van der Waals surface area contributed by atoms with Crippen molar-refractivity contribution in [3.05, 3.63) is 10.1 Å². The van der Waals surface area contributed by atoms with Gasteiger partial charge in [-0.2, -0.15) is 0 Å². The molecule has 2 amide bonds. The van der Waals surface area contributed by atoms with E-state index in [1.165, 1.54) is 6.92 Å². The second-order valence-corrected chi connectivity index (χ2v) is 7.04. The van der Waals surface area contributed by atoms with Gasteiger partial charge in [0.05, 0.1) is 0 Å². The highest BCUT2D eigenvalue weighted by Gasteiger charge is 2.39. The number of esters is 1. The fourth-order valence-electron chi connectivity index (χ4n) is 2.76. The monoisotopic (exact) mass is 343 g/mol. The molecule has 9 nitrogen and oxygen atoms in total. The molecule has 9 heteroatoms. The number of nitrogens with one attached hydrogen (secondary N) is 2.